The zero-order valence-electron chi connectivity index (χ0n) is 36.8. The zero-order chi connectivity index (χ0) is 39.9. The van der Waals surface area contributed by atoms with Gasteiger partial charge in [-0.15, -0.1) is 0 Å². The van der Waals surface area contributed by atoms with Crippen LogP contribution in [0, 0.1) is 41.4 Å². The van der Waals surface area contributed by atoms with E-state index in [9.17, 15) is 14.4 Å². The summed E-state index contributed by atoms with van der Waals surface area (Å²) in [6.07, 6.45) is 22.8. The number of unbranched alkanes of at least 4 members (excludes halogenated alkanes) is 12. The Labute approximate surface area is 329 Å². The molecule has 0 aromatic rings. The maximum Gasteiger partial charge on any atom is 0.308 e. The van der Waals surface area contributed by atoms with Gasteiger partial charge in [0.05, 0.1) is 19.1 Å². The van der Waals surface area contributed by atoms with E-state index in [1.165, 1.54) is 38.5 Å². The smallest absolute Gasteiger partial charge is 0.308 e. The first kappa shape index (κ1) is 51.4. The molecule has 0 amide bonds. The van der Waals surface area contributed by atoms with Gasteiger partial charge in [0.1, 0.15) is 6.61 Å². The summed E-state index contributed by atoms with van der Waals surface area (Å²) in [6, 6.07) is 0. The number of esters is 3. The monoisotopic (exact) mass is 752 g/mol. The summed E-state index contributed by atoms with van der Waals surface area (Å²) in [5.41, 5.74) is 0. The molecule has 53 heavy (non-hydrogen) atoms. The minimum atomic E-state index is -0.0411. The van der Waals surface area contributed by atoms with Crippen molar-refractivity contribution in [3.05, 3.63) is 0 Å². The Morgan fingerprint density at radius 2 is 0.811 bits per heavy atom. The van der Waals surface area contributed by atoms with Gasteiger partial charge in [0.15, 0.2) is 0 Å². The van der Waals surface area contributed by atoms with Gasteiger partial charge in [0, 0.05) is 19.4 Å². The first-order valence-electron chi connectivity index (χ1n) is 22.3. The molecule has 0 heterocycles. The highest BCUT2D eigenvalue weighted by molar-refractivity contribution is 5.72. The third-order valence-corrected chi connectivity index (χ3v) is 11.0. The third kappa shape index (κ3) is 32.3. The lowest BCUT2D eigenvalue weighted by atomic mass is 9.89. The van der Waals surface area contributed by atoms with E-state index in [0.29, 0.717) is 68.2 Å². The van der Waals surface area contributed by atoms with Crippen molar-refractivity contribution in [2.75, 3.05) is 40.5 Å². The molecule has 0 radical (unpaired) electrons. The summed E-state index contributed by atoms with van der Waals surface area (Å²) in [6.45, 7) is 20.2. The van der Waals surface area contributed by atoms with Crippen molar-refractivity contribution in [2.24, 2.45) is 41.4 Å². The normalized spacial score (nSPS) is 13.6. The van der Waals surface area contributed by atoms with E-state index in [4.69, 9.17) is 14.2 Å². The van der Waals surface area contributed by atoms with Gasteiger partial charge in [0.2, 0.25) is 0 Å². The van der Waals surface area contributed by atoms with Gasteiger partial charge in [-0.1, -0.05) is 145 Å². The fraction of sp³-hybridized carbons (Fsp3) is 0.935. The lowest BCUT2D eigenvalue weighted by molar-refractivity contribution is -0.149. The molecule has 0 fully saturated rings. The van der Waals surface area contributed by atoms with E-state index in [1.807, 2.05) is 19.0 Å². The number of carbonyl (C=O) groups excluding carboxylic acids is 3. The van der Waals surface area contributed by atoms with Crippen molar-refractivity contribution >= 4 is 17.9 Å². The van der Waals surface area contributed by atoms with Crippen molar-refractivity contribution in [3.8, 4) is 0 Å². The minimum absolute atomic E-state index is 0.00415. The Balaban J connectivity index is 4.19. The summed E-state index contributed by atoms with van der Waals surface area (Å²) in [7, 11) is 4.00. The lowest BCUT2D eigenvalue weighted by Gasteiger charge is -2.21. The molecule has 2 atom stereocenters. The van der Waals surface area contributed by atoms with Crippen LogP contribution >= 0.6 is 0 Å². The highest BCUT2D eigenvalue weighted by Crippen LogP contribution is 2.24. The Hall–Kier alpha value is -1.63. The molecule has 2 unspecified atom stereocenters. The standard InChI is InChI=1S/C46H89NO6/c1-37(2)29-31-42(39(5)6)35-52-44(48)27-23-19-15-11-13-17-21-25-41(46(50)51-34-33-47(9)10)26-22-18-14-12-16-20-24-28-45(49)53-36-43(40(7)8)32-30-38(3)4/h37-43H,11-36H2,1-10H3. The molecule has 0 bridgehead atoms. The predicted octanol–water partition coefficient (Wildman–Crippen LogP) is 12.2. The zero-order valence-corrected chi connectivity index (χ0v) is 36.8. The summed E-state index contributed by atoms with van der Waals surface area (Å²) in [5.74, 6) is 3.25. The Bertz CT molecular complexity index is 827. The van der Waals surface area contributed by atoms with Crippen LogP contribution < -0.4 is 0 Å². The molecule has 7 heteroatoms. The maximum absolute atomic E-state index is 12.9. The largest absolute Gasteiger partial charge is 0.465 e. The second-order valence-electron chi connectivity index (χ2n) is 18.0. The second kappa shape index (κ2) is 33.7. The second-order valence-corrected chi connectivity index (χ2v) is 18.0. The van der Waals surface area contributed by atoms with Gasteiger partial charge in [-0.3, -0.25) is 14.4 Å². The number of carbonyl (C=O) groups is 3. The fourth-order valence-electron chi connectivity index (χ4n) is 6.77. The maximum atomic E-state index is 12.9. The molecule has 314 valence electrons. The van der Waals surface area contributed by atoms with Gasteiger partial charge < -0.3 is 19.1 Å². The van der Waals surface area contributed by atoms with Crippen LogP contribution in [0.4, 0.5) is 0 Å². The molecule has 0 aliphatic carbocycles. The molecule has 0 aromatic carbocycles. The molecule has 0 saturated heterocycles. The number of hydrogen-bond donors (Lipinski definition) is 0. The van der Waals surface area contributed by atoms with Crippen molar-refractivity contribution in [1.82, 2.24) is 4.90 Å². The van der Waals surface area contributed by atoms with Crippen LogP contribution in [0.5, 0.6) is 0 Å². The van der Waals surface area contributed by atoms with Crippen LogP contribution in [-0.2, 0) is 28.6 Å². The van der Waals surface area contributed by atoms with Crippen LogP contribution in [0.2, 0.25) is 0 Å². The SMILES string of the molecule is CC(C)CCC(COC(=O)CCCCCCCCCC(CCCCCCCCCC(=O)OCC(CCC(C)C)C(C)C)C(=O)OCCN(C)C)C(C)C. The van der Waals surface area contributed by atoms with E-state index in [-0.39, 0.29) is 23.8 Å². The van der Waals surface area contributed by atoms with Gasteiger partial charge in [-0.25, -0.2) is 0 Å². The molecule has 0 aliphatic rings. The fourth-order valence-corrected chi connectivity index (χ4v) is 6.77. The van der Waals surface area contributed by atoms with Crippen LogP contribution in [-0.4, -0.2) is 63.3 Å². The lowest BCUT2D eigenvalue weighted by Crippen LogP contribution is -2.24. The first-order chi connectivity index (χ1) is 25.2. The predicted molar refractivity (Wildman–Crippen MR) is 223 cm³/mol. The quantitative estimate of drug-likeness (QED) is 0.0358. The van der Waals surface area contributed by atoms with Crippen LogP contribution in [0.1, 0.15) is 197 Å². The van der Waals surface area contributed by atoms with E-state index >= 15 is 0 Å². The summed E-state index contributed by atoms with van der Waals surface area (Å²) in [4.78, 5) is 39.6. The van der Waals surface area contributed by atoms with Crippen molar-refractivity contribution < 1.29 is 28.6 Å². The minimum Gasteiger partial charge on any atom is -0.465 e. The van der Waals surface area contributed by atoms with Gasteiger partial charge in [-0.2, -0.15) is 0 Å². The van der Waals surface area contributed by atoms with E-state index < -0.39 is 0 Å². The van der Waals surface area contributed by atoms with Crippen molar-refractivity contribution in [1.29, 1.82) is 0 Å². The molecule has 0 rings (SSSR count). The van der Waals surface area contributed by atoms with Crippen LogP contribution in [0.15, 0.2) is 0 Å². The topological polar surface area (TPSA) is 82.1 Å². The Kier molecular flexibility index (Phi) is 32.7. The summed E-state index contributed by atoms with van der Waals surface area (Å²) >= 11 is 0. The van der Waals surface area contributed by atoms with Crippen LogP contribution in [0.3, 0.4) is 0 Å². The highest BCUT2D eigenvalue weighted by Gasteiger charge is 2.20. The van der Waals surface area contributed by atoms with Crippen LogP contribution in [0.25, 0.3) is 0 Å². The highest BCUT2D eigenvalue weighted by atomic mass is 16.5. The van der Waals surface area contributed by atoms with Gasteiger partial charge in [0.25, 0.3) is 0 Å². The first-order valence-corrected chi connectivity index (χ1v) is 22.3. The number of likely N-dealkylation sites (N-methyl/N-ethyl adjacent to an activating group) is 1. The number of rotatable bonds is 36. The molecule has 0 aliphatic heterocycles. The number of ether oxygens (including phenoxy) is 3. The molecule has 7 nitrogen and oxygen atoms in total. The Morgan fingerprint density at radius 1 is 0.453 bits per heavy atom. The Morgan fingerprint density at radius 3 is 1.15 bits per heavy atom. The average molecular weight is 752 g/mol. The number of hydrogen-bond acceptors (Lipinski definition) is 7. The van der Waals surface area contributed by atoms with Crippen molar-refractivity contribution in [2.45, 2.75) is 197 Å². The summed E-state index contributed by atoms with van der Waals surface area (Å²) in [5, 5.41) is 0. The third-order valence-electron chi connectivity index (χ3n) is 11.0. The van der Waals surface area contributed by atoms with E-state index in [2.05, 4.69) is 55.4 Å². The molecule has 0 saturated carbocycles. The molecular formula is C46H89NO6. The molecule has 0 aromatic heterocycles. The molecular weight excluding hydrogens is 663 g/mol. The van der Waals surface area contributed by atoms with Crippen molar-refractivity contribution in [3.63, 3.8) is 0 Å². The van der Waals surface area contributed by atoms with E-state index in [0.717, 1.165) is 96.4 Å². The molecule has 0 spiro atoms. The number of nitrogens with zero attached hydrogens (tertiary/aromatic N) is 1. The van der Waals surface area contributed by atoms with E-state index in [1.54, 1.807) is 0 Å². The summed E-state index contributed by atoms with van der Waals surface area (Å²) < 4.78 is 16.9. The van der Waals surface area contributed by atoms with Gasteiger partial charge >= 0.3 is 17.9 Å². The van der Waals surface area contributed by atoms with Gasteiger partial charge in [-0.05, 0) is 88.1 Å². The molecule has 0 N–H and O–H groups in total. The average Bonchev–Trinajstić information content (AvgIpc) is 3.08.